The van der Waals surface area contributed by atoms with E-state index in [9.17, 15) is 14.4 Å². The van der Waals surface area contributed by atoms with Gasteiger partial charge in [0.15, 0.2) is 0 Å². The highest BCUT2D eigenvalue weighted by Gasteiger charge is 2.22. The van der Waals surface area contributed by atoms with Gasteiger partial charge in [-0.25, -0.2) is 4.79 Å². The lowest BCUT2D eigenvalue weighted by Gasteiger charge is -2.19. The average molecular weight is 379 g/mol. The van der Waals surface area contributed by atoms with E-state index in [4.69, 9.17) is 9.15 Å². The number of rotatable bonds is 6. The van der Waals surface area contributed by atoms with E-state index < -0.39 is 23.5 Å². The molecule has 6 nitrogen and oxygen atoms in total. The van der Waals surface area contributed by atoms with Crippen molar-refractivity contribution in [2.75, 3.05) is 0 Å². The van der Waals surface area contributed by atoms with E-state index in [1.807, 2.05) is 18.2 Å². The molecule has 0 aliphatic carbocycles. The molecule has 144 valence electrons. The molecule has 0 saturated carbocycles. The summed E-state index contributed by atoms with van der Waals surface area (Å²) in [5, 5.41) is 3.40. The maximum absolute atomic E-state index is 12.8. The van der Waals surface area contributed by atoms with Gasteiger partial charge in [-0.05, 0) is 31.5 Å². The van der Waals surface area contributed by atoms with Crippen LogP contribution in [0.1, 0.15) is 42.2 Å². The van der Waals surface area contributed by atoms with Crippen LogP contribution in [0.4, 0.5) is 0 Å². The molecule has 0 aliphatic rings. The maximum Gasteiger partial charge on any atom is 0.349 e. The van der Waals surface area contributed by atoms with Crippen LogP contribution in [0, 0.1) is 0 Å². The van der Waals surface area contributed by atoms with E-state index in [1.54, 1.807) is 50.2 Å². The molecule has 3 aromatic rings. The van der Waals surface area contributed by atoms with E-state index in [1.165, 1.54) is 6.07 Å². The van der Waals surface area contributed by atoms with Crippen LogP contribution in [0.25, 0.3) is 11.0 Å². The SMILES string of the molecule is CC(C)OC(=O)CC(NC(=O)c1cc2ccccc2oc1=O)c1ccccc1. The molecule has 1 amide bonds. The first-order valence-electron chi connectivity index (χ1n) is 9.02. The summed E-state index contributed by atoms with van der Waals surface area (Å²) in [4.78, 5) is 37.2. The van der Waals surface area contributed by atoms with Crippen molar-refractivity contribution in [1.29, 1.82) is 0 Å². The van der Waals surface area contributed by atoms with E-state index in [-0.39, 0.29) is 18.1 Å². The third kappa shape index (κ3) is 4.65. The summed E-state index contributed by atoms with van der Waals surface area (Å²) in [5.74, 6) is -1.04. The molecular formula is C22H21NO5. The molecule has 0 saturated heterocycles. The fourth-order valence-electron chi connectivity index (χ4n) is 2.87. The van der Waals surface area contributed by atoms with Gasteiger partial charge in [0.25, 0.3) is 5.91 Å². The van der Waals surface area contributed by atoms with Gasteiger partial charge in [0.2, 0.25) is 0 Å². The number of esters is 1. The molecule has 0 spiro atoms. The van der Waals surface area contributed by atoms with Crippen molar-refractivity contribution < 1.29 is 18.7 Å². The van der Waals surface area contributed by atoms with Gasteiger partial charge in [-0.3, -0.25) is 9.59 Å². The van der Waals surface area contributed by atoms with Crippen LogP contribution >= 0.6 is 0 Å². The smallest absolute Gasteiger partial charge is 0.349 e. The number of hydrogen-bond donors (Lipinski definition) is 1. The second-order valence-electron chi connectivity index (χ2n) is 6.66. The summed E-state index contributed by atoms with van der Waals surface area (Å²) in [6, 6.07) is 16.9. The zero-order chi connectivity index (χ0) is 20.1. The molecule has 1 aromatic heterocycles. The first-order valence-corrected chi connectivity index (χ1v) is 9.02. The van der Waals surface area contributed by atoms with E-state index >= 15 is 0 Å². The van der Waals surface area contributed by atoms with Crippen LogP contribution in [0.2, 0.25) is 0 Å². The van der Waals surface area contributed by atoms with Crippen molar-refractivity contribution in [3.05, 3.63) is 82.2 Å². The maximum atomic E-state index is 12.8. The zero-order valence-corrected chi connectivity index (χ0v) is 15.7. The molecule has 1 unspecified atom stereocenters. The van der Waals surface area contributed by atoms with Crippen molar-refractivity contribution in [1.82, 2.24) is 5.32 Å². The zero-order valence-electron chi connectivity index (χ0n) is 15.7. The molecule has 28 heavy (non-hydrogen) atoms. The second-order valence-corrected chi connectivity index (χ2v) is 6.66. The van der Waals surface area contributed by atoms with Gasteiger partial charge in [0.05, 0.1) is 18.6 Å². The van der Waals surface area contributed by atoms with Gasteiger partial charge < -0.3 is 14.5 Å². The summed E-state index contributed by atoms with van der Waals surface area (Å²) in [6.45, 7) is 3.52. The van der Waals surface area contributed by atoms with Gasteiger partial charge in [-0.15, -0.1) is 0 Å². The fraction of sp³-hybridized carbons (Fsp3) is 0.227. The predicted molar refractivity (Wildman–Crippen MR) is 105 cm³/mol. The minimum absolute atomic E-state index is 0.0488. The predicted octanol–water partition coefficient (Wildman–Crippen LogP) is 3.61. The highest BCUT2D eigenvalue weighted by Crippen LogP contribution is 2.19. The Kier molecular flexibility index (Phi) is 5.89. The fourth-order valence-corrected chi connectivity index (χ4v) is 2.87. The normalized spacial score (nSPS) is 12.0. The van der Waals surface area contributed by atoms with Gasteiger partial charge in [-0.1, -0.05) is 48.5 Å². The molecule has 3 rings (SSSR count). The summed E-state index contributed by atoms with van der Waals surface area (Å²) >= 11 is 0. The lowest BCUT2D eigenvalue weighted by Crippen LogP contribution is -2.33. The number of carbonyl (C=O) groups is 2. The Morgan fingerprint density at radius 1 is 1.04 bits per heavy atom. The third-order valence-electron chi connectivity index (χ3n) is 4.13. The summed E-state index contributed by atoms with van der Waals surface area (Å²) < 4.78 is 10.4. The first kappa shape index (κ1) is 19.4. The molecule has 0 aliphatic heterocycles. The molecular weight excluding hydrogens is 358 g/mol. The Labute approximate surface area is 162 Å². The number of para-hydroxylation sites is 1. The van der Waals surface area contributed by atoms with Crippen LogP contribution in [0.3, 0.4) is 0 Å². The van der Waals surface area contributed by atoms with Crippen LogP contribution in [-0.2, 0) is 9.53 Å². The Balaban J connectivity index is 1.87. The minimum atomic E-state index is -0.729. The van der Waals surface area contributed by atoms with Gasteiger partial charge in [-0.2, -0.15) is 0 Å². The lowest BCUT2D eigenvalue weighted by atomic mass is 10.0. The van der Waals surface area contributed by atoms with E-state index in [0.717, 1.165) is 5.56 Å². The highest BCUT2D eigenvalue weighted by atomic mass is 16.5. The Hall–Kier alpha value is -3.41. The topological polar surface area (TPSA) is 85.6 Å². The van der Waals surface area contributed by atoms with Crippen LogP contribution in [0.15, 0.2) is 69.9 Å². The lowest BCUT2D eigenvalue weighted by molar-refractivity contribution is -0.147. The number of benzene rings is 2. The average Bonchev–Trinajstić information content (AvgIpc) is 2.67. The summed E-state index contributed by atoms with van der Waals surface area (Å²) in [6.07, 6.45) is -0.306. The highest BCUT2D eigenvalue weighted by molar-refractivity contribution is 5.97. The quantitative estimate of drug-likeness (QED) is 0.522. The van der Waals surface area contributed by atoms with Crippen LogP contribution in [0.5, 0.6) is 0 Å². The largest absolute Gasteiger partial charge is 0.463 e. The van der Waals surface area contributed by atoms with Crippen molar-refractivity contribution in [3.8, 4) is 0 Å². The van der Waals surface area contributed by atoms with Crippen molar-refractivity contribution in [2.45, 2.75) is 32.4 Å². The first-order chi connectivity index (χ1) is 13.4. The molecule has 1 N–H and O–H groups in total. The Morgan fingerprint density at radius 3 is 2.43 bits per heavy atom. The van der Waals surface area contributed by atoms with E-state index in [2.05, 4.69) is 5.32 Å². The van der Waals surface area contributed by atoms with E-state index in [0.29, 0.717) is 11.0 Å². The van der Waals surface area contributed by atoms with Crippen LogP contribution in [-0.4, -0.2) is 18.0 Å². The number of nitrogens with one attached hydrogen (secondary N) is 1. The van der Waals surface area contributed by atoms with Crippen molar-refractivity contribution in [3.63, 3.8) is 0 Å². The van der Waals surface area contributed by atoms with Crippen molar-refractivity contribution in [2.24, 2.45) is 0 Å². The van der Waals surface area contributed by atoms with Gasteiger partial charge >= 0.3 is 11.6 Å². The number of carbonyl (C=O) groups excluding carboxylic acids is 2. The number of hydrogen-bond acceptors (Lipinski definition) is 5. The standard InChI is InChI=1S/C22H21NO5/c1-14(2)27-20(24)13-18(15-8-4-3-5-9-15)23-21(25)17-12-16-10-6-7-11-19(16)28-22(17)26/h3-12,14,18H,13H2,1-2H3,(H,23,25). The molecule has 6 heteroatoms. The number of fused-ring (bicyclic) bond motifs is 1. The van der Waals surface area contributed by atoms with Gasteiger partial charge in [0, 0.05) is 5.39 Å². The van der Waals surface area contributed by atoms with Crippen molar-refractivity contribution >= 4 is 22.8 Å². The Bertz CT molecular complexity index is 1040. The molecule has 1 heterocycles. The molecule has 0 radical (unpaired) electrons. The molecule has 0 fully saturated rings. The monoisotopic (exact) mass is 379 g/mol. The van der Waals surface area contributed by atoms with Crippen LogP contribution < -0.4 is 10.9 Å². The third-order valence-corrected chi connectivity index (χ3v) is 4.13. The summed E-state index contributed by atoms with van der Waals surface area (Å²) in [7, 11) is 0. The second kappa shape index (κ2) is 8.52. The molecule has 0 bridgehead atoms. The van der Waals surface area contributed by atoms with Gasteiger partial charge in [0.1, 0.15) is 11.1 Å². The minimum Gasteiger partial charge on any atom is -0.463 e. The molecule has 1 atom stereocenters. The number of amides is 1. The molecule has 2 aromatic carbocycles. The Morgan fingerprint density at radius 2 is 1.71 bits per heavy atom. The summed E-state index contributed by atoms with van der Waals surface area (Å²) in [5.41, 5.74) is 0.301. The number of ether oxygens (including phenoxy) is 1.